The van der Waals surface area contributed by atoms with Crippen molar-refractivity contribution in [1.29, 1.82) is 0 Å². The van der Waals surface area contributed by atoms with Crippen LogP contribution in [0.2, 0.25) is 5.02 Å². The molecule has 0 aliphatic rings. The van der Waals surface area contributed by atoms with Crippen molar-refractivity contribution in [3.05, 3.63) is 80.8 Å². The summed E-state index contributed by atoms with van der Waals surface area (Å²) in [6.45, 7) is 4.02. The zero-order chi connectivity index (χ0) is 19.8. The molecule has 1 aromatic heterocycles. The summed E-state index contributed by atoms with van der Waals surface area (Å²) in [6.07, 6.45) is 0. The average molecular weight is 456 g/mol. The molecule has 3 aromatic carbocycles. The summed E-state index contributed by atoms with van der Waals surface area (Å²) in [6, 6.07) is 16.6. The van der Waals surface area contributed by atoms with E-state index in [9.17, 15) is 4.79 Å². The maximum Gasteiger partial charge on any atom is 0.256 e. The van der Waals surface area contributed by atoms with Gasteiger partial charge in [0.2, 0.25) is 5.89 Å². The van der Waals surface area contributed by atoms with Crippen molar-refractivity contribution in [2.75, 3.05) is 5.32 Å². The maximum atomic E-state index is 12.6. The Morgan fingerprint density at radius 2 is 1.89 bits per heavy atom. The summed E-state index contributed by atoms with van der Waals surface area (Å²) < 4.78 is 6.68. The van der Waals surface area contributed by atoms with E-state index < -0.39 is 0 Å². The number of carbonyl (C=O) groups excluding carboxylic acids is 1. The van der Waals surface area contributed by atoms with Gasteiger partial charge in [-0.3, -0.25) is 4.79 Å². The Labute approximate surface area is 175 Å². The average Bonchev–Trinajstić information content (AvgIpc) is 3.08. The largest absolute Gasteiger partial charge is 0.436 e. The number of halogens is 2. The van der Waals surface area contributed by atoms with Crippen molar-refractivity contribution in [2.24, 2.45) is 0 Å². The number of aryl methyl sites for hydroxylation is 2. The van der Waals surface area contributed by atoms with Crippen LogP contribution in [0.25, 0.3) is 22.6 Å². The van der Waals surface area contributed by atoms with Crippen LogP contribution in [0.3, 0.4) is 0 Å². The highest BCUT2D eigenvalue weighted by Crippen LogP contribution is 2.32. The monoisotopic (exact) mass is 454 g/mol. The van der Waals surface area contributed by atoms with Crippen LogP contribution in [0.15, 0.2) is 63.5 Å². The van der Waals surface area contributed by atoms with Crippen molar-refractivity contribution in [3.63, 3.8) is 0 Å². The second-order valence-corrected chi connectivity index (χ2v) is 7.84. The van der Waals surface area contributed by atoms with Crippen molar-refractivity contribution >= 4 is 50.2 Å². The molecule has 0 fully saturated rings. The van der Waals surface area contributed by atoms with Crippen molar-refractivity contribution < 1.29 is 9.21 Å². The van der Waals surface area contributed by atoms with Crippen molar-refractivity contribution in [1.82, 2.24) is 4.98 Å². The van der Waals surface area contributed by atoms with Gasteiger partial charge in [-0.15, -0.1) is 0 Å². The SMILES string of the molecule is Cc1cc(C)c2oc(-c3ccc(Cl)c(NC(=O)c4ccccc4Br)c3)nc2c1. The highest BCUT2D eigenvalue weighted by atomic mass is 79.9. The van der Waals surface area contributed by atoms with Crippen LogP contribution >= 0.6 is 27.5 Å². The smallest absolute Gasteiger partial charge is 0.256 e. The summed E-state index contributed by atoms with van der Waals surface area (Å²) in [4.78, 5) is 17.2. The molecule has 4 nitrogen and oxygen atoms in total. The quantitative estimate of drug-likeness (QED) is 0.370. The van der Waals surface area contributed by atoms with E-state index in [1.807, 2.05) is 38.1 Å². The van der Waals surface area contributed by atoms with Crippen LogP contribution in [0.5, 0.6) is 0 Å². The van der Waals surface area contributed by atoms with E-state index in [2.05, 4.69) is 32.3 Å². The number of benzene rings is 3. The molecule has 28 heavy (non-hydrogen) atoms. The molecule has 0 unspecified atom stereocenters. The molecular weight excluding hydrogens is 440 g/mol. The summed E-state index contributed by atoms with van der Waals surface area (Å²) in [5, 5.41) is 3.30. The summed E-state index contributed by atoms with van der Waals surface area (Å²) in [5.41, 5.74) is 5.48. The Morgan fingerprint density at radius 1 is 1.11 bits per heavy atom. The molecule has 0 saturated heterocycles. The Hall–Kier alpha value is -2.63. The second-order valence-electron chi connectivity index (χ2n) is 6.58. The van der Waals surface area contributed by atoms with Crippen molar-refractivity contribution in [3.8, 4) is 11.5 Å². The van der Waals surface area contributed by atoms with E-state index in [-0.39, 0.29) is 5.91 Å². The summed E-state index contributed by atoms with van der Waals surface area (Å²) in [7, 11) is 0. The number of anilines is 1. The Morgan fingerprint density at radius 3 is 2.68 bits per heavy atom. The van der Waals surface area contributed by atoms with Gasteiger partial charge in [-0.1, -0.05) is 29.8 Å². The summed E-state index contributed by atoms with van der Waals surface area (Å²) >= 11 is 9.70. The molecular formula is C22H16BrClN2O2. The normalized spacial score (nSPS) is 11.0. The van der Waals surface area contributed by atoms with Crippen LogP contribution in [-0.2, 0) is 0 Å². The first-order valence-corrected chi connectivity index (χ1v) is 9.83. The zero-order valence-corrected chi connectivity index (χ0v) is 17.6. The molecule has 6 heteroatoms. The van der Waals surface area contributed by atoms with Gasteiger partial charge < -0.3 is 9.73 Å². The standard InChI is InChI=1S/C22H16BrClN2O2/c1-12-9-13(2)20-19(10-12)26-22(28-20)14-7-8-17(24)18(11-14)25-21(27)15-5-3-4-6-16(15)23/h3-11H,1-2H3,(H,25,27). The Kier molecular flexibility index (Phi) is 4.96. The van der Waals surface area contributed by atoms with Gasteiger partial charge in [0.15, 0.2) is 5.58 Å². The number of carbonyl (C=O) groups is 1. The Bertz CT molecular complexity index is 1220. The molecule has 140 valence electrons. The van der Waals surface area contributed by atoms with Gasteiger partial charge in [-0.05, 0) is 77.3 Å². The minimum absolute atomic E-state index is 0.254. The fourth-order valence-electron chi connectivity index (χ4n) is 3.09. The molecule has 4 rings (SSSR count). The summed E-state index contributed by atoms with van der Waals surface area (Å²) in [5.74, 6) is 0.229. The van der Waals surface area contributed by atoms with Gasteiger partial charge in [-0.2, -0.15) is 0 Å². The third-order valence-electron chi connectivity index (χ3n) is 4.40. The predicted octanol–water partition coefficient (Wildman–Crippen LogP) is 6.78. The van der Waals surface area contributed by atoms with Gasteiger partial charge in [0.25, 0.3) is 5.91 Å². The molecule has 0 radical (unpaired) electrons. The molecule has 0 saturated carbocycles. The molecule has 1 N–H and O–H groups in total. The molecule has 1 amide bonds. The van der Waals surface area contributed by atoms with E-state index in [1.54, 1.807) is 24.3 Å². The molecule has 0 atom stereocenters. The van der Waals surface area contributed by atoms with Crippen LogP contribution < -0.4 is 5.32 Å². The maximum absolute atomic E-state index is 12.6. The van der Waals surface area contributed by atoms with E-state index in [0.29, 0.717) is 26.6 Å². The third-order valence-corrected chi connectivity index (χ3v) is 5.42. The number of aromatic nitrogens is 1. The second kappa shape index (κ2) is 7.41. The van der Waals surface area contributed by atoms with Crippen molar-refractivity contribution in [2.45, 2.75) is 13.8 Å². The number of nitrogens with one attached hydrogen (secondary N) is 1. The number of nitrogens with zero attached hydrogens (tertiary/aromatic N) is 1. The molecule has 1 heterocycles. The molecule has 0 aliphatic carbocycles. The first-order valence-electron chi connectivity index (χ1n) is 8.66. The first-order chi connectivity index (χ1) is 13.4. The number of fused-ring (bicyclic) bond motifs is 1. The lowest BCUT2D eigenvalue weighted by molar-refractivity contribution is 0.102. The van der Waals surface area contributed by atoms with Gasteiger partial charge in [-0.25, -0.2) is 4.98 Å². The highest BCUT2D eigenvalue weighted by molar-refractivity contribution is 9.10. The predicted molar refractivity (Wildman–Crippen MR) is 116 cm³/mol. The number of hydrogen-bond acceptors (Lipinski definition) is 3. The lowest BCUT2D eigenvalue weighted by Crippen LogP contribution is -2.12. The van der Waals surface area contributed by atoms with Crippen LogP contribution in [-0.4, -0.2) is 10.9 Å². The van der Waals surface area contributed by atoms with E-state index >= 15 is 0 Å². The fourth-order valence-corrected chi connectivity index (χ4v) is 3.72. The van der Waals surface area contributed by atoms with Gasteiger partial charge in [0.1, 0.15) is 5.52 Å². The lowest BCUT2D eigenvalue weighted by atomic mass is 10.1. The lowest BCUT2D eigenvalue weighted by Gasteiger charge is -2.09. The zero-order valence-electron chi connectivity index (χ0n) is 15.2. The first kappa shape index (κ1) is 18.7. The highest BCUT2D eigenvalue weighted by Gasteiger charge is 2.15. The topological polar surface area (TPSA) is 55.1 Å². The molecule has 0 bridgehead atoms. The fraction of sp³-hybridized carbons (Fsp3) is 0.0909. The molecule has 0 spiro atoms. The number of rotatable bonds is 3. The van der Waals surface area contributed by atoms with Crippen LogP contribution in [0, 0.1) is 13.8 Å². The van der Waals surface area contributed by atoms with Gasteiger partial charge >= 0.3 is 0 Å². The van der Waals surface area contributed by atoms with Crippen LogP contribution in [0.1, 0.15) is 21.5 Å². The molecule has 0 aliphatic heterocycles. The van der Waals surface area contributed by atoms with Crippen LogP contribution in [0.4, 0.5) is 5.69 Å². The van der Waals surface area contributed by atoms with E-state index in [4.69, 9.17) is 16.0 Å². The minimum Gasteiger partial charge on any atom is -0.436 e. The van der Waals surface area contributed by atoms with Gasteiger partial charge in [0, 0.05) is 10.0 Å². The number of oxazole rings is 1. The van der Waals surface area contributed by atoms with Gasteiger partial charge in [0.05, 0.1) is 16.3 Å². The number of amides is 1. The number of hydrogen-bond donors (Lipinski definition) is 1. The molecule has 4 aromatic rings. The van der Waals surface area contributed by atoms with E-state index in [1.165, 1.54) is 0 Å². The Balaban J connectivity index is 1.71. The third kappa shape index (κ3) is 3.55. The minimum atomic E-state index is -0.254. The van der Waals surface area contributed by atoms with E-state index in [0.717, 1.165) is 27.8 Å².